The first kappa shape index (κ1) is 18.0. The highest BCUT2D eigenvalue weighted by atomic mass is 35.5. The molecule has 0 saturated heterocycles. The lowest BCUT2D eigenvalue weighted by molar-refractivity contribution is -0.144. The van der Waals surface area contributed by atoms with Crippen molar-refractivity contribution in [1.82, 2.24) is 4.73 Å². The Balaban J connectivity index is 1.80. The van der Waals surface area contributed by atoms with Crippen molar-refractivity contribution in [3.63, 3.8) is 0 Å². The molecule has 3 N–H and O–H groups in total. The Labute approximate surface area is 159 Å². The van der Waals surface area contributed by atoms with Crippen molar-refractivity contribution in [1.29, 1.82) is 0 Å². The number of para-hydroxylation sites is 2. The molecule has 3 rings (SSSR count). The summed E-state index contributed by atoms with van der Waals surface area (Å²) in [5.74, 6) is -1.44. The van der Waals surface area contributed by atoms with Gasteiger partial charge in [-0.15, -0.1) is 4.73 Å². The Morgan fingerprint density at radius 1 is 0.962 bits per heavy atom. The lowest BCUT2D eigenvalue weighted by Crippen LogP contribution is -2.21. The number of benzene rings is 2. The van der Waals surface area contributed by atoms with Gasteiger partial charge in [0, 0.05) is 17.8 Å². The second-order valence-electron chi connectivity index (χ2n) is 5.36. The number of aromatic hydroxyl groups is 2. The number of halogens is 2. The van der Waals surface area contributed by atoms with E-state index in [4.69, 9.17) is 28.0 Å². The summed E-state index contributed by atoms with van der Waals surface area (Å²) < 4.78 is 0.642. The van der Waals surface area contributed by atoms with Gasteiger partial charge in [-0.2, -0.15) is 0 Å². The molecule has 26 heavy (non-hydrogen) atoms. The van der Waals surface area contributed by atoms with E-state index in [0.717, 1.165) is 0 Å². The van der Waals surface area contributed by atoms with Crippen LogP contribution in [0.4, 0.5) is 11.4 Å². The molecule has 0 bridgehead atoms. The molecule has 0 unspecified atom stereocenters. The van der Waals surface area contributed by atoms with E-state index in [9.17, 15) is 15.0 Å². The maximum atomic E-state index is 12.2. The molecule has 3 aromatic rings. The number of nitrogens with zero attached hydrogens (tertiary/aromatic N) is 1. The smallest absolute Gasteiger partial charge is 0.337 e. The SMILES string of the molecule is O=C(Cc1ccccc1Nc1c(Cl)cccc1Cl)On1c(O)ccc1O. The zero-order valence-electron chi connectivity index (χ0n) is 13.3. The Bertz CT molecular complexity index is 916. The molecule has 0 saturated carbocycles. The van der Waals surface area contributed by atoms with Gasteiger partial charge in [0.15, 0.2) is 0 Å². The highest BCUT2D eigenvalue weighted by molar-refractivity contribution is 6.39. The third kappa shape index (κ3) is 3.87. The quantitative estimate of drug-likeness (QED) is 0.607. The first-order valence-corrected chi connectivity index (χ1v) is 8.31. The van der Waals surface area contributed by atoms with Crippen LogP contribution < -0.4 is 10.2 Å². The number of nitrogens with one attached hydrogen (secondary N) is 1. The largest absolute Gasteiger partial charge is 0.492 e. The molecule has 0 aliphatic rings. The van der Waals surface area contributed by atoms with Gasteiger partial charge in [0.05, 0.1) is 22.2 Å². The highest BCUT2D eigenvalue weighted by Gasteiger charge is 2.15. The van der Waals surface area contributed by atoms with Crippen LogP contribution in [-0.4, -0.2) is 20.9 Å². The number of hydrogen-bond donors (Lipinski definition) is 3. The number of carbonyl (C=O) groups excluding carboxylic acids is 1. The van der Waals surface area contributed by atoms with Crippen LogP contribution in [0, 0.1) is 0 Å². The minimum atomic E-state index is -0.675. The predicted molar refractivity (Wildman–Crippen MR) is 99.2 cm³/mol. The summed E-state index contributed by atoms with van der Waals surface area (Å²) in [7, 11) is 0. The van der Waals surface area contributed by atoms with Crippen LogP contribution in [0.15, 0.2) is 54.6 Å². The van der Waals surface area contributed by atoms with Crippen LogP contribution in [0.5, 0.6) is 11.8 Å². The number of hydrogen-bond acceptors (Lipinski definition) is 5. The van der Waals surface area contributed by atoms with Crippen LogP contribution in [0.25, 0.3) is 0 Å². The molecule has 6 nitrogen and oxygen atoms in total. The number of carbonyl (C=O) groups is 1. The van der Waals surface area contributed by atoms with Gasteiger partial charge in [0.2, 0.25) is 11.8 Å². The normalized spacial score (nSPS) is 10.5. The molecule has 2 aromatic carbocycles. The summed E-state index contributed by atoms with van der Waals surface area (Å²) in [6, 6.07) is 14.6. The minimum Gasteiger partial charge on any atom is -0.492 e. The number of anilines is 2. The zero-order valence-corrected chi connectivity index (χ0v) is 14.8. The van der Waals surface area contributed by atoms with Crippen molar-refractivity contribution < 1.29 is 19.8 Å². The molecule has 0 spiro atoms. The second kappa shape index (κ2) is 7.59. The summed E-state index contributed by atoms with van der Waals surface area (Å²) in [6.07, 6.45) is -0.109. The van der Waals surface area contributed by atoms with Crippen molar-refractivity contribution >= 4 is 40.5 Å². The maximum Gasteiger partial charge on any atom is 0.337 e. The fraction of sp³-hybridized carbons (Fsp3) is 0.0556. The summed E-state index contributed by atoms with van der Waals surface area (Å²) in [5.41, 5.74) is 1.78. The van der Waals surface area contributed by atoms with E-state index in [1.54, 1.807) is 42.5 Å². The summed E-state index contributed by atoms with van der Waals surface area (Å²) in [4.78, 5) is 17.1. The average molecular weight is 393 g/mol. The first-order chi connectivity index (χ1) is 12.5. The number of rotatable bonds is 5. The van der Waals surface area contributed by atoms with Gasteiger partial charge < -0.3 is 20.4 Å². The van der Waals surface area contributed by atoms with E-state index >= 15 is 0 Å². The highest BCUT2D eigenvalue weighted by Crippen LogP contribution is 2.33. The van der Waals surface area contributed by atoms with E-state index in [1.807, 2.05) is 0 Å². The molecule has 0 fully saturated rings. The van der Waals surface area contributed by atoms with Crippen molar-refractivity contribution in [2.45, 2.75) is 6.42 Å². The standard InChI is InChI=1S/C18H14Cl2N2O4/c19-12-5-3-6-13(20)18(12)21-14-7-2-1-4-11(14)10-17(25)26-22-15(23)8-9-16(22)24/h1-9,21,23-24H,10H2. The van der Waals surface area contributed by atoms with Gasteiger partial charge in [0.1, 0.15) is 0 Å². The van der Waals surface area contributed by atoms with E-state index in [-0.39, 0.29) is 18.2 Å². The minimum absolute atomic E-state index is 0.109. The van der Waals surface area contributed by atoms with Crippen molar-refractivity contribution in [2.24, 2.45) is 0 Å². The fourth-order valence-corrected chi connectivity index (χ4v) is 2.83. The molecule has 1 aromatic heterocycles. The van der Waals surface area contributed by atoms with Gasteiger partial charge in [-0.25, -0.2) is 4.79 Å². The summed E-state index contributed by atoms with van der Waals surface area (Å²) >= 11 is 12.3. The lowest BCUT2D eigenvalue weighted by Gasteiger charge is -2.14. The van der Waals surface area contributed by atoms with Crippen LogP contribution in [0.3, 0.4) is 0 Å². The Kier molecular flexibility index (Phi) is 5.25. The molecular formula is C18H14Cl2N2O4. The fourth-order valence-electron chi connectivity index (χ4n) is 2.33. The van der Waals surface area contributed by atoms with E-state index in [2.05, 4.69) is 5.32 Å². The summed E-state index contributed by atoms with van der Waals surface area (Å²) in [6.45, 7) is 0. The van der Waals surface area contributed by atoms with Crippen molar-refractivity contribution in [3.05, 3.63) is 70.2 Å². The van der Waals surface area contributed by atoms with E-state index in [0.29, 0.717) is 31.7 Å². The molecule has 0 amide bonds. The Morgan fingerprint density at radius 3 is 2.23 bits per heavy atom. The van der Waals surface area contributed by atoms with Gasteiger partial charge >= 0.3 is 5.97 Å². The van der Waals surface area contributed by atoms with Crippen LogP contribution in [-0.2, 0) is 11.2 Å². The topological polar surface area (TPSA) is 83.7 Å². The Hall–Kier alpha value is -2.83. The number of aromatic nitrogens is 1. The van der Waals surface area contributed by atoms with E-state index < -0.39 is 5.97 Å². The molecule has 134 valence electrons. The van der Waals surface area contributed by atoms with Crippen LogP contribution in [0.2, 0.25) is 10.0 Å². The molecule has 0 atom stereocenters. The van der Waals surface area contributed by atoms with Crippen molar-refractivity contribution in [2.75, 3.05) is 5.32 Å². The molecule has 1 heterocycles. The molecule has 0 radical (unpaired) electrons. The average Bonchev–Trinajstić information content (AvgIpc) is 2.91. The molecular weight excluding hydrogens is 379 g/mol. The van der Waals surface area contributed by atoms with Gasteiger partial charge in [-0.1, -0.05) is 47.5 Å². The van der Waals surface area contributed by atoms with Crippen LogP contribution >= 0.6 is 23.2 Å². The molecule has 8 heteroatoms. The third-order valence-corrected chi connectivity index (χ3v) is 4.20. The van der Waals surface area contributed by atoms with Crippen molar-refractivity contribution in [3.8, 4) is 11.8 Å². The maximum absolute atomic E-state index is 12.2. The lowest BCUT2D eigenvalue weighted by atomic mass is 10.1. The molecule has 0 aliphatic carbocycles. The van der Waals surface area contributed by atoms with E-state index in [1.165, 1.54) is 12.1 Å². The predicted octanol–water partition coefficient (Wildman–Crippen LogP) is 4.15. The molecule has 0 aliphatic heterocycles. The van der Waals surface area contributed by atoms with Crippen LogP contribution in [0.1, 0.15) is 5.56 Å². The zero-order chi connectivity index (χ0) is 18.7. The van der Waals surface area contributed by atoms with Gasteiger partial charge in [-0.05, 0) is 23.8 Å². The monoisotopic (exact) mass is 392 g/mol. The second-order valence-corrected chi connectivity index (χ2v) is 6.18. The van der Waals surface area contributed by atoms with Gasteiger partial charge in [-0.3, -0.25) is 0 Å². The Morgan fingerprint density at radius 2 is 1.58 bits per heavy atom. The summed E-state index contributed by atoms with van der Waals surface area (Å²) in [5, 5.41) is 23.1. The third-order valence-electron chi connectivity index (χ3n) is 3.57. The first-order valence-electron chi connectivity index (χ1n) is 7.55. The van der Waals surface area contributed by atoms with Gasteiger partial charge in [0.25, 0.3) is 0 Å².